The van der Waals surface area contributed by atoms with E-state index in [0.717, 1.165) is 18.9 Å². The predicted octanol–water partition coefficient (Wildman–Crippen LogP) is 1.59. The van der Waals surface area contributed by atoms with Gasteiger partial charge in [0.15, 0.2) is 0 Å². The second kappa shape index (κ2) is 6.10. The summed E-state index contributed by atoms with van der Waals surface area (Å²) >= 11 is 0. The fourth-order valence-electron chi connectivity index (χ4n) is 2.45. The summed E-state index contributed by atoms with van der Waals surface area (Å²) in [7, 11) is 4.27. The molecule has 2 heterocycles. The first-order valence-electron chi connectivity index (χ1n) is 6.92. The van der Waals surface area contributed by atoms with Gasteiger partial charge in [-0.1, -0.05) is 0 Å². The van der Waals surface area contributed by atoms with E-state index in [1.807, 2.05) is 19.1 Å². The molecule has 1 aromatic heterocycles. The number of hydrogen-bond donors (Lipinski definition) is 1. The van der Waals surface area contributed by atoms with E-state index >= 15 is 0 Å². The smallest absolute Gasteiger partial charge is 0.239 e. The third-order valence-corrected chi connectivity index (χ3v) is 3.61. The SMILES string of the molecule is CCOc1nc(N2CCCC(N(C)C)C2)ccc1N. The number of piperidine rings is 1. The normalized spacial score (nSPS) is 19.8. The standard InChI is InChI=1S/C14H24N4O/c1-4-19-14-12(15)7-8-13(16-14)18-9-5-6-11(10-18)17(2)3/h7-8,11H,4-6,9-10,15H2,1-3H3. The molecule has 19 heavy (non-hydrogen) atoms. The summed E-state index contributed by atoms with van der Waals surface area (Å²) in [5.74, 6) is 1.51. The second-order valence-electron chi connectivity index (χ2n) is 5.20. The average molecular weight is 264 g/mol. The molecule has 1 aliphatic rings. The van der Waals surface area contributed by atoms with Crippen LogP contribution in [-0.4, -0.2) is 49.7 Å². The summed E-state index contributed by atoms with van der Waals surface area (Å²) in [5.41, 5.74) is 6.47. The lowest BCUT2D eigenvalue weighted by atomic mass is 10.1. The van der Waals surface area contributed by atoms with Gasteiger partial charge in [0.2, 0.25) is 5.88 Å². The number of nitrogen functional groups attached to an aromatic ring is 1. The van der Waals surface area contributed by atoms with E-state index < -0.39 is 0 Å². The van der Waals surface area contributed by atoms with Crippen LogP contribution in [0.25, 0.3) is 0 Å². The molecular formula is C14H24N4O. The number of nitrogens with zero attached hydrogens (tertiary/aromatic N) is 3. The zero-order valence-electron chi connectivity index (χ0n) is 12.1. The van der Waals surface area contributed by atoms with Crippen LogP contribution in [-0.2, 0) is 0 Å². The zero-order valence-corrected chi connectivity index (χ0v) is 12.1. The first kappa shape index (κ1) is 13.9. The number of aromatic nitrogens is 1. The monoisotopic (exact) mass is 264 g/mol. The van der Waals surface area contributed by atoms with Gasteiger partial charge < -0.3 is 20.3 Å². The molecule has 2 rings (SSSR count). The lowest BCUT2D eigenvalue weighted by Crippen LogP contribution is -2.45. The van der Waals surface area contributed by atoms with Crippen LogP contribution < -0.4 is 15.4 Å². The zero-order chi connectivity index (χ0) is 13.8. The highest BCUT2D eigenvalue weighted by Gasteiger charge is 2.22. The number of pyridine rings is 1. The van der Waals surface area contributed by atoms with Crippen LogP contribution in [0.2, 0.25) is 0 Å². The highest BCUT2D eigenvalue weighted by Crippen LogP contribution is 2.25. The van der Waals surface area contributed by atoms with Crippen LogP contribution in [0.5, 0.6) is 5.88 Å². The van der Waals surface area contributed by atoms with Crippen molar-refractivity contribution in [2.45, 2.75) is 25.8 Å². The van der Waals surface area contributed by atoms with Crippen LogP contribution in [0.3, 0.4) is 0 Å². The van der Waals surface area contributed by atoms with Crippen molar-refractivity contribution in [1.82, 2.24) is 9.88 Å². The summed E-state index contributed by atoms with van der Waals surface area (Å²) < 4.78 is 5.47. The molecule has 1 fully saturated rings. The van der Waals surface area contributed by atoms with E-state index in [0.29, 0.717) is 24.2 Å². The van der Waals surface area contributed by atoms with Crippen LogP contribution in [0, 0.1) is 0 Å². The van der Waals surface area contributed by atoms with E-state index in [4.69, 9.17) is 10.5 Å². The van der Waals surface area contributed by atoms with Gasteiger partial charge in [0.05, 0.1) is 12.3 Å². The lowest BCUT2D eigenvalue weighted by Gasteiger charge is -2.36. The number of likely N-dealkylation sites (N-methyl/N-ethyl adjacent to an activating group) is 1. The van der Waals surface area contributed by atoms with Gasteiger partial charge in [-0.15, -0.1) is 0 Å². The Bertz CT molecular complexity index is 422. The maximum atomic E-state index is 5.87. The van der Waals surface area contributed by atoms with Crippen molar-refractivity contribution >= 4 is 11.5 Å². The van der Waals surface area contributed by atoms with E-state index in [1.165, 1.54) is 12.8 Å². The Morgan fingerprint density at radius 1 is 1.47 bits per heavy atom. The molecule has 1 unspecified atom stereocenters. The summed E-state index contributed by atoms with van der Waals surface area (Å²) in [6.07, 6.45) is 2.44. The van der Waals surface area contributed by atoms with Crippen molar-refractivity contribution in [1.29, 1.82) is 0 Å². The Morgan fingerprint density at radius 2 is 2.26 bits per heavy atom. The molecule has 0 amide bonds. The number of anilines is 2. The highest BCUT2D eigenvalue weighted by molar-refractivity contribution is 5.54. The van der Waals surface area contributed by atoms with E-state index in [-0.39, 0.29) is 0 Å². The van der Waals surface area contributed by atoms with Gasteiger partial charge in [0.1, 0.15) is 5.82 Å². The van der Waals surface area contributed by atoms with Gasteiger partial charge in [0.25, 0.3) is 0 Å². The van der Waals surface area contributed by atoms with Crippen molar-refractivity contribution in [3.8, 4) is 5.88 Å². The van der Waals surface area contributed by atoms with Gasteiger partial charge in [-0.05, 0) is 46.0 Å². The predicted molar refractivity (Wildman–Crippen MR) is 78.7 cm³/mol. The van der Waals surface area contributed by atoms with Crippen LogP contribution in [0.1, 0.15) is 19.8 Å². The molecular weight excluding hydrogens is 240 g/mol. The largest absolute Gasteiger partial charge is 0.476 e. The van der Waals surface area contributed by atoms with Crippen molar-refractivity contribution < 1.29 is 4.74 Å². The third-order valence-electron chi connectivity index (χ3n) is 3.61. The average Bonchev–Trinajstić information content (AvgIpc) is 2.41. The first-order valence-corrected chi connectivity index (χ1v) is 6.92. The van der Waals surface area contributed by atoms with Gasteiger partial charge in [0, 0.05) is 19.1 Å². The lowest BCUT2D eigenvalue weighted by molar-refractivity contribution is 0.257. The van der Waals surface area contributed by atoms with Gasteiger partial charge >= 0.3 is 0 Å². The summed E-state index contributed by atoms with van der Waals surface area (Å²) in [4.78, 5) is 9.14. The van der Waals surface area contributed by atoms with Gasteiger partial charge in [-0.25, -0.2) is 0 Å². The number of rotatable bonds is 4. The Balaban J connectivity index is 2.14. The second-order valence-corrected chi connectivity index (χ2v) is 5.20. The Morgan fingerprint density at radius 3 is 2.95 bits per heavy atom. The molecule has 5 heteroatoms. The van der Waals surface area contributed by atoms with Crippen molar-refractivity contribution in [3.63, 3.8) is 0 Å². The number of ether oxygens (including phenoxy) is 1. The third kappa shape index (κ3) is 3.29. The Hall–Kier alpha value is -1.49. The molecule has 1 aromatic rings. The topological polar surface area (TPSA) is 54.6 Å². The van der Waals surface area contributed by atoms with E-state index in [1.54, 1.807) is 0 Å². The minimum absolute atomic E-state index is 0.548. The van der Waals surface area contributed by atoms with Crippen molar-refractivity contribution in [3.05, 3.63) is 12.1 Å². The van der Waals surface area contributed by atoms with Crippen LogP contribution >= 0.6 is 0 Å². The highest BCUT2D eigenvalue weighted by atomic mass is 16.5. The molecule has 1 aliphatic heterocycles. The molecule has 106 valence electrons. The van der Waals surface area contributed by atoms with Crippen LogP contribution in [0.15, 0.2) is 12.1 Å². The maximum Gasteiger partial charge on any atom is 0.239 e. The molecule has 0 saturated carbocycles. The van der Waals surface area contributed by atoms with E-state index in [2.05, 4.69) is 28.9 Å². The summed E-state index contributed by atoms with van der Waals surface area (Å²) in [6.45, 7) is 4.58. The molecule has 2 N–H and O–H groups in total. The fraction of sp³-hybridized carbons (Fsp3) is 0.643. The van der Waals surface area contributed by atoms with Crippen LogP contribution in [0.4, 0.5) is 11.5 Å². The maximum absolute atomic E-state index is 5.87. The fourth-order valence-corrected chi connectivity index (χ4v) is 2.45. The Labute approximate surface area is 115 Å². The molecule has 0 aliphatic carbocycles. The first-order chi connectivity index (χ1) is 9.11. The van der Waals surface area contributed by atoms with Gasteiger partial charge in [-0.2, -0.15) is 4.98 Å². The van der Waals surface area contributed by atoms with E-state index in [9.17, 15) is 0 Å². The number of nitrogens with two attached hydrogens (primary N) is 1. The molecule has 5 nitrogen and oxygen atoms in total. The summed E-state index contributed by atoms with van der Waals surface area (Å²) in [6, 6.07) is 4.45. The quantitative estimate of drug-likeness (QED) is 0.895. The number of hydrogen-bond acceptors (Lipinski definition) is 5. The van der Waals surface area contributed by atoms with Crippen molar-refractivity contribution in [2.24, 2.45) is 0 Å². The molecule has 0 bridgehead atoms. The molecule has 1 atom stereocenters. The summed E-state index contributed by atoms with van der Waals surface area (Å²) in [5, 5.41) is 0. The molecule has 1 saturated heterocycles. The molecule has 0 aromatic carbocycles. The Kier molecular flexibility index (Phi) is 4.47. The van der Waals surface area contributed by atoms with Crippen molar-refractivity contribution in [2.75, 3.05) is 44.4 Å². The van der Waals surface area contributed by atoms with Gasteiger partial charge in [-0.3, -0.25) is 0 Å². The minimum atomic E-state index is 0.548. The minimum Gasteiger partial charge on any atom is -0.476 e. The molecule has 0 spiro atoms. The molecule has 0 radical (unpaired) electrons.